The molecule has 144 valence electrons. The second-order valence-electron chi connectivity index (χ2n) is 6.48. The van der Waals surface area contributed by atoms with Gasteiger partial charge in [-0.2, -0.15) is 5.26 Å². The first-order valence-corrected chi connectivity index (χ1v) is 8.82. The second kappa shape index (κ2) is 8.28. The van der Waals surface area contributed by atoms with E-state index in [9.17, 15) is 14.9 Å². The number of carbonyl (C=O) groups excluding carboxylic acids is 1. The Bertz CT molecular complexity index is 1130. The van der Waals surface area contributed by atoms with Crippen LogP contribution in [0.25, 0.3) is 17.4 Å². The lowest BCUT2D eigenvalue weighted by Gasteiger charge is -2.10. The van der Waals surface area contributed by atoms with Gasteiger partial charge in [0.05, 0.1) is 5.56 Å². The lowest BCUT2D eigenvalue weighted by Crippen LogP contribution is -2.15. The number of benzene rings is 2. The van der Waals surface area contributed by atoms with Gasteiger partial charge in [-0.05, 0) is 49.2 Å². The van der Waals surface area contributed by atoms with Crippen LogP contribution in [-0.4, -0.2) is 17.0 Å². The highest BCUT2D eigenvalue weighted by atomic mass is 16.4. The predicted octanol–water partition coefficient (Wildman–Crippen LogP) is 4.81. The van der Waals surface area contributed by atoms with Gasteiger partial charge in [0.2, 0.25) is 0 Å². The minimum atomic E-state index is -1.01. The van der Waals surface area contributed by atoms with Gasteiger partial charge in [0.25, 0.3) is 5.91 Å². The third-order valence-corrected chi connectivity index (χ3v) is 4.41. The van der Waals surface area contributed by atoms with Crippen molar-refractivity contribution in [3.63, 3.8) is 0 Å². The van der Waals surface area contributed by atoms with E-state index in [0.717, 1.165) is 11.1 Å². The molecular weight excluding hydrogens is 368 g/mol. The number of furan rings is 1. The number of rotatable bonds is 5. The topological polar surface area (TPSA) is 103 Å². The van der Waals surface area contributed by atoms with E-state index >= 15 is 0 Å². The van der Waals surface area contributed by atoms with Crippen molar-refractivity contribution in [3.05, 3.63) is 82.6 Å². The van der Waals surface area contributed by atoms with Crippen LogP contribution in [0.3, 0.4) is 0 Å². The SMILES string of the molecule is Cc1cccc(C)c1NC(=O)/C(C#N)=C/c1ccc(-c2ccc(C(=O)O)cc2)o1. The molecule has 0 aliphatic carbocycles. The van der Waals surface area contributed by atoms with Crippen LogP contribution < -0.4 is 5.32 Å². The van der Waals surface area contributed by atoms with Crippen LogP contribution in [-0.2, 0) is 4.79 Å². The van der Waals surface area contributed by atoms with Crippen LogP contribution in [0.5, 0.6) is 0 Å². The number of carbonyl (C=O) groups is 2. The Morgan fingerprint density at radius 3 is 2.28 bits per heavy atom. The van der Waals surface area contributed by atoms with Gasteiger partial charge in [0.1, 0.15) is 23.2 Å². The second-order valence-corrected chi connectivity index (χ2v) is 6.48. The molecule has 1 aromatic heterocycles. The van der Waals surface area contributed by atoms with Gasteiger partial charge in [-0.25, -0.2) is 4.79 Å². The van der Waals surface area contributed by atoms with Gasteiger partial charge in [-0.15, -0.1) is 0 Å². The highest BCUT2D eigenvalue weighted by Gasteiger charge is 2.14. The molecule has 0 saturated carbocycles. The molecule has 2 aromatic carbocycles. The maximum absolute atomic E-state index is 12.5. The highest BCUT2D eigenvalue weighted by Crippen LogP contribution is 2.25. The van der Waals surface area contributed by atoms with Crippen LogP contribution in [0.4, 0.5) is 5.69 Å². The minimum Gasteiger partial charge on any atom is -0.478 e. The zero-order chi connectivity index (χ0) is 21.0. The summed E-state index contributed by atoms with van der Waals surface area (Å²) in [6.07, 6.45) is 1.37. The van der Waals surface area contributed by atoms with Gasteiger partial charge in [0.15, 0.2) is 0 Å². The van der Waals surface area contributed by atoms with E-state index in [-0.39, 0.29) is 11.1 Å². The van der Waals surface area contributed by atoms with Crippen molar-refractivity contribution in [1.29, 1.82) is 5.26 Å². The first-order chi connectivity index (χ1) is 13.9. The average Bonchev–Trinajstić information content (AvgIpc) is 3.17. The number of hydrogen-bond acceptors (Lipinski definition) is 4. The Morgan fingerprint density at radius 1 is 1.03 bits per heavy atom. The molecule has 0 aliphatic rings. The normalized spacial score (nSPS) is 11.0. The number of aromatic carboxylic acids is 1. The monoisotopic (exact) mass is 386 g/mol. The summed E-state index contributed by atoms with van der Waals surface area (Å²) in [7, 11) is 0. The molecule has 0 spiro atoms. The molecule has 0 fully saturated rings. The fraction of sp³-hybridized carbons (Fsp3) is 0.0870. The third-order valence-electron chi connectivity index (χ3n) is 4.41. The maximum Gasteiger partial charge on any atom is 0.335 e. The number of nitrogens with zero attached hydrogens (tertiary/aromatic N) is 1. The number of hydrogen-bond donors (Lipinski definition) is 2. The van der Waals surface area contributed by atoms with E-state index in [1.807, 2.05) is 38.1 Å². The first-order valence-electron chi connectivity index (χ1n) is 8.82. The molecule has 6 heteroatoms. The number of nitriles is 1. The number of amides is 1. The van der Waals surface area contributed by atoms with Gasteiger partial charge < -0.3 is 14.8 Å². The lowest BCUT2D eigenvalue weighted by atomic mass is 10.1. The molecule has 0 bridgehead atoms. The third kappa shape index (κ3) is 4.42. The number of carboxylic acid groups (broad SMARTS) is 1. The Balaban J connectivity index is 1.82. The quantitative estimate of drug-likeness (QED) is 0.484. The molecular formula is C23H18N2O4. The number of carboxylic acids is 1. The number of para-hydroxylation sites is 1. The zero-order valence-electron chi connectivity index (χ0n) is 15.9. The van der Waals surface area contributed by atoms with E-state index in [0.29, 0.717) is 22.8 Å². The standard InChI is InChI=1S/C23H18N2O4/c1-14-4-3-5-15(2)21(14)25-22(26)18(13-24)12-19-10-11-20(29-19)16-6-8-17(9-7-16)23(27)28/h3-12H,1-2H3,(H,25,26)(H,27,28)/b18-12+. The summed E-state index contributed by atoms with van der Waals surface area (Å²) < 4.78 is 5.70. The summed E-state index contributed by atoms with van der Waals surface area (Å²) in [4.78, 5) is 23.5. The smallest absolute Gasteiger partial charge is 0.335 e. The molecule has 0 unspecified atom stereocenters. The van der Waals surface area contributed by atoms with E-state index in [1.165, 1.54) is 18.2 Å². The first kappa shape index (κ1) is 19.6. The van der Waals surface area contributed by atoms with E-state index in [2.05, 4.69) is 5.32 Å². The number of anilines is 1. The Hall–Kier alpha value is -4.11. The van der Waals surface area contributed by atoms with Crippen molar-refractivity contribution >= 4 is 23.6 Å². The number of nitrogens with one attached hydrogen (secondary N) is 1. The fourth-order valence-corrected chi connectivity index (χ4v) is 2.85. The van der Waals surface area contributed by atoms with Gasteiger partial charge in [-0.3, -0.25) is 4.79 Å². The summed E-state index contributed by atoms with van der Waals surface area (Å²) in [6.45, 7) is 3.76. The Kier molecular flexibility index (Phi) is 5.61. The van der Waals surface area contributed by atoms with Crippen LogP contribution in [0.2, 0.25) is 0 Å². The molecule has 1 heterocycles. The van der Waals surface area contributed by atoms with Crippen LogP contribution >= 0.6 is 0 Å². The fourth-order valence-electron chi connectivity index (χ4n) is 2.85. The summed E-state index contributed by atoms with van der Waals surface area (Å²) in [5.74, 6) is -0.682. The molecule has 0 aliphatic heterocycles. The van der Waals surface area contributed by atoms with Crippen molar-refractivity contribution in [3.8, 4) is 17.4 Å². The highest BCUT2D eigenvalue weighted by molar-refractivity contribution is 6.10. The van der Waals surface area contributed by atoms with E-state index in [1.54, 1.807) is 24.3 Å². The Morgan fingerprint density at radius 2 is 1.69 bits per heavy atom. The summed E-state index contributed by atoms with van der Waals surface area (Å²) in [6, 6.07) is 17.1. The molecule has 2 N–H and O–H groups in total. The van der Waals surface area contributed by atoms with Crippen molar-refractivity contribution in [2.75, 3.05) is 5.32 Å². The molecule has 0 atom stereocenters. The number of aryl methyl sites for hydroxylation is 2. The lowest BCUT2D eigenvalue weighted by molar-refractivity contribution is -0.112. The molecule has 1 amide bonds. The van der Waals surface area contributed by atoms with Crippen LogP contribution in [0, 0.1) is 25.2 Å². The van der Waals surface area contributed by atoms with E-state index < -0.39 is 11.9 Å². The Labute approximate surface area is 167 Å². The molecule has 0 saturated heterocycles. The van der Waals surface area contributed by atoms with Crippen LogP contribution in [0.1, 0.15) is 27.2 Å². The van der Waals surface area contributed by atoms with Gasteiger partial charge >= 0.3 is 5.97 Å². The van der Waals surface area contributed by atoms with Gasteiger partial charge in [0, 0.05) is 17.3 Å². The molecule has 3 aromatic rings. The molecule has 3 rings (SSSR count). The summed E-state index contributed by atoms with van der Waals surface area (Å²) in [5.41, 5.74) is 3.26. The van der Waals surface area contributed by atoms with E-state index in [4.69, 9.17) is 9.52 Å². The zero-order valence-corrected chi connectivity index (χ0v) is 15.9. The summed E-state index contributed by atoms with van der Waals surface area (Å²) in [5, 5.41) is 21.2. The summed E-state index contributed by atoms with van der Waals surface area (Å²) >= 11 is 0. The molecule has 6 nitrogen and oxygen atoms in total. The van der Waals surface area contributed by atoms with Crippen molar-refractivity contribution in [2.45, 2.75) is 13.8 Å². The van der Waals surface area contributed by atoms with Crippen LogP contribution in [0.15, 0.2) is 64.6 Å². The largest absolute Gasteiger partial charge is 0.478 e. The average molecular weight is 386 g/mol. The molecule has 0 radical (unpaired) electrons. The maximum atomic E-state index is 12.5. The predicted molar refractivity (Wildman–Crippen MR) is 109 cm³/mol. The van der Waals surface area contributed by atoms with Crippen molar-refractivity contribution in [2.24, 2.45) is 0 Å². The van der Waals surface area contributed by atoms with Crippen molar-refractivity contribution in [1.82, 2.24) is 0 Å². The molecule has 29 heavy (non-hydrogen) atoms. The van der Waals surface area contributed by atoms with Gasteiger partial charge in [-0.1, -0.05) is 30.3 Å². The minimum absolute atomic E-state index is 0.0882. The van der Waals surface area contributed by atoms with Crippen molar-refractivity contribution < 1.29 is 19.1 Å².